The zero-order valence-electron chi connectivity index (χ0n) is 12.4. The molecule has 0 aliphatic rings. The molecular formula is C17H12N2OS4. The van der Waals surface area contributed by atoms with E-state index in [0.29, 0.717) is 11.6 Å². The highest BCUT2D eigenvalue weighted by molar-refractivity contribution is 7.24. The summed E-state index contributed by atoms with van der Waals surface area (Å²) in [5.74, 6) is -0.0262. The van der Waals surface area contributed by atoms with Crippen LogP contribution in [0, 0.1) is 0 Å². The molecule has 0 saturated heterocycles. The molecular weight excluding hydrogens is 376 g/mol. The minimum absolute atomic E-state index is 0.0262. The van der Waals surface area contributed by atoms with Crippen LogP contribution in [-0.2, 0) is 11.2 Å². The first-order valence-electron chi connectivity index (χ1n) is 7.20. The lowest BCUT2D eigenvalue weighted by molar-refractivity contribution is -0.115. The van der Waals surface area contributed by atoms with Crippen LogP contribution in [0.3, 0.4) is 0 Å². The van der Waals surface area contributed by atoms with E-state index in [0.717, 1.165) is 20.3 Å². The number of hydrogen-bond donors (Lipinski definition) is 1. The number of anilines is 1. The van der Waals surface area contributed by atoms with E-state index >= 15 is 0 Å². The van der Waals surface area contributed by atoms with E-state index < -0.39 is 0 Å². The van der Waals surface area contributed by atoms with Crippen LogP contribution in [0.4, 0.5) is 5.13 Å². The monoisotopic (exact) mass is 388 g/mol. The third-order valence-corrected chi connectivity index (χ3v) is 7.06. The zero-order valence-corrected chi connectivity index (χ0v) is 15.7. The average Bonchev–Trinajstić information content (AvgIpc) is 3.35. The van der Waals surface area contributed by atoms with Crippen molar-refractivity contribution < 1.29 is 4.79 Å². The van der Waals surface area contributed by atoms with Gasteiger partial charge in [-0.2, -0.15) is 0 Å². The van der Waals surface area contributed by atoms with Crippen LogP contribution in [0.2, 0.25) is 0 Å². The predicted octanol–water partition coefficient (Wildman–Crippen LogP) is 5.84. The molecule has 4 rings (SSSR count). The number of thiophene rings is 3. The number of rotatable bonds is 5. The van der Waals surface area contributed by atoms with Crippen LogP contribution < -0.4 is 5.32 Å². The summed E-state index contributed by atoms with van der Waals surface area (Å²) in [6.45, 7) is 0. The Kier molecular flexibility index (Phi) is 4.57. The van der Waals surface area contributed by atoms with Gasteiger partial charge < -0.3 is 5.32 Å². The lowest BCUT2D eigenvalue weighted by Crippen LogP contribution is -2.13. The van der Waals surface area contributed by atoms with Crippen LogP contribution in [0.25, 0.3) is 20.3 Å². The van der Waals surface area contributed by atoms with Gasteiger partial charge in [-0.15, -0.1) is 34.0 Å². The molecule has 3 nitrogen and oxygen atoms in total. The standard InChI is InChI=1S/C17H12N2OS4/c20-14(10-11-4-1-7-21-11)18-17-19-15(12-5-2-8-22-12)16(24-17)13-6-3-9-23-13/h1-9H,10H2,(H,18,19,20). The maximum absolute atomic E-state index is 12.2. The van der Waals surface area contributed by atoms with Gasteiger partial charge in [-0.3, -0.25) is 4.79 Å². The second-order valence-electron chi connectivity index (χ2n) is 4.96. The van der Waals surface area contributed by atoms with Crippen molar-refractivity contribution in [3.05, 3.63) is 57.4 Å². The molecule has 1 N–H and O–H groups in total. The molecule has 0 radical (unpaired) electrons. The van der Waals surface area contributed by atoms with E-state index in [1.54, 1.807) is 34.0 Å². The summed E-state index contributed by atoms with van der Waals surface area (Å²) in [4.78, 5) is 21.4. The highest BCUT2D eigenvalue weighted by Crippen LogP contribution is 2.42. The highest BCUT2D eigenvalue weighted by atomic mass is 32.1. The number of aromatic nitrogens is 1. The maximum atomic E-state index is 12.2. The third-order valence-electron chi connectivity index (χ3n) is 3.29. The van der Waals surface area contributed by atoms with Gasteiger partial charge in [0, 0.05) is 9.75 Å². The number of nitrogens with zero attached hydrogens (tertiary/aromatic N) is 1. The fourth-order valence-electron chi connectivity index (χ4n) is 2.26. The normalized spacial score (nSPS) is 10.8. The Labute approximate surface area is 155 Å². The maximum Gasteiger partial charge on any atom is 0.231 e. The second kappa shape index (κ2) is 6.98. The number of nitrogens with one attached hydrogen (secondary N) is 1. The van der Waals surface area contributed by atoms with E-state index in [4.69, 9.17) is 0 Å². The Morgan fingerprint density at radius 2 is 1.67 bits per heavy atom. The van der Waals surface area contributed by atoms with Crippen molar-refractivity contribution in [3.8, 4) is 20.3 Å². The first kappa shape index (κ1) is 15.7. The Morgan fingerprint density at radius 1 is 0.958 bits per heavy atom. The smallest absolute Gasteiger partial charge is 0.231 e. The summed E-state index contributed by atoms with van der Waals surface area (Å²) in [6, 6.07) is 12.1. The molecule has 4 heterocycles. The fraction of sp³-hybridized carbons (Fsp3) is 0.0588. The quantitative estimate of drug-likeness (QED) is 0.466. The van der Waals surface area contributed by atoms with Crippen molar-refractivity contribution in [2.45, 2.75) is 6.42 Å². The predicted molar refractivity (Wildman–Crippen MR) is 105 cm³/mol. The van der Waals surface area contributed by atoms with E-state index in [-0.39, 0.29) is 5.91 Å². The molecule has 24 heavy (non-hydrogen) atoms. The van der Waals surface area contributed by atoms with Crippen molar-refractivity contribution in [1.29, 1.82) is 0 Å². The summed E-state index contributed by atoms with van der Waals surface area (Å²) < 4.78 is 0. The minimum atomic E-state index is -0.0262. The van der Waals surface area contributed by atoms with E-state index in [9.17, 15) is 4.79 Å². The minimum Gasteiger partial charge on any atom is -0.302 e. The van der Waals surface area contributed by atoms with Crippen molar-refractivity contribution in [1.82, 2.24) is 4.98 Å². The van der Waals surface area contributed by atoms with Crippen molar-refractivity contribution in [2.24, 2.45) is 0 Å². The van der Waals surface area contributed by atoms with Gasteiger partial charge in [-0.1, -0.05) is 29.5 Å². The topological polar surface area (TPSA) is 42.0 Å². The molecule has 0 aliphatic heterocycles. The first-order valence-corrected chi connectivity index (χ1v) is 10.7. The SMILES string of the molecule is O=C(Cc1cccs1)Nc1nc(-c2cccs2)c(-c2cccs2)s1. The molecule has 0 saturated carbocycles. The average molecular weight is 389 g/mol. The van der Waals surface area contributed by atoms with Gasteiger partial charge in [0.25, 0.3) is 0 Å². The Hall–Kier alpha value is -1.80. The van der Waals surface area contributed by atoms with Crippen molar-refractivity contribution in [3.63, 3.8) is 0 Å². The largest absolute Gasteiger partial charge is 0.302 e. The van der Waals surface area contributed by atoms with Gasteiger partial charge in [-0.25, -0.2) is 4.98 Å². The van der Waals surface area contributed by atoms with Gasteiger partial charge in [0.2, 0.25) is 5.91 Å². The molecule has 120 valence electrons. The first-order chi connectivity index (χ1) is 11.8. The molecule has 7 heteroatoms. The van der Waals surface area contributed by atoms with Crippen LogP contribution in [-0.4, -0.2) is 10.9 Å². The third kappa shape index (κ3) is 3.34. The van der Waals surface area contributed by atoms with E-state index in [2.05, 4.69) is 27.8 Å². The molecule has 0 fully saturated rings. The van der Waals surface area contributed by atoms with Crippen molar-refractivity contribution in [2.75, 3.05) is 5.32 Å². The number of thiazole rings is 1. The van der Waals surface area contributed by atoms with Gasteiger partial charge in [0.15, 0.2) is 5.13 Å². The highest BCUT2D eigenvalue weighted by Gasteiger charge is 2.18. The summed E-state index contributed by atoms with van der Waals surface area (Å²) in [6.07, 6.45) is 0.389. The van der Waals surface area contributed by atoms with Crippen molar-refractivity contribution >= 4 is 56.4 Å². The second-order valence-corrected chi connectivity index (χ2v) is 8.88. The van der Waals surface area contributed by atoms with Crippen LogP contribution in [0.15, 0.2) is 52.5 Å². The lowest BCUT2D eigenvalue weighted by Gasteiger charge is -1.99. The van der Waals surface area contributed by atoms with Gasteiger partial charge in [-0.05, 0) is 34.3 Å². The Bertz CT molecular complexity index is 870. The lowest BCUT2D eigenvalue weighted by atomic mass is 10.3. The molecule has 0 spiro atoms. The fourth-order valence-corrected chi connectivity index (χ4v) is 5.60. The molecule has 0 bridgehead atoms. The summed E-state index contributed by atoms with van der Waals surface area (Å²) in [5, 5.41) is 9.69. The zero-order chi connectivity index (χ0) is 16.4. The molecule has 4 aromatic heterocycles. The van der Waals surface area contributed by atoms with Crippen LogP contribution in [0.5, 0.6) is 0 Å². The van der Waals surface area contributed by atoms with Crippen LogP contribution >= 0.6 is 45.3 Å². The molecule has 0 aromatic carbocycles. The van der Waals surface area contributed by atoms with Gasteiger partial charge >= 0.3 is 0 Å². The molecule has 0 atom stereocenters. The summed E-state index contributed by atoms with van der Waals surface area (Å²) in [7, 11) is 0. The Balaban J connectivity index is 1.62. The van der Waals surface area contributed by atoms with Crippen LogP contribution in [0.1, 0.15) is 4.88 Å². The van der Waals surface area contributed by atoms with Gasteiger partial charge in [0.05, 0.1) is 16.2 Å². The van der Waals surface area contributed by atoms with Gasteiger partial charge in [0.1, 0.15) is 5.69 Å². The van der Waals surface area contributed by atoms with E-state index in [1.165, 1.54) is 16.2 Å². The number of amides is 1. The molecule has 4 aromatic rings. The summed E-state index contributed by atoms with van der Waals surface area (Å²) >= 11 is 6.47. The number of carbonyl (C=O) groups is 1. The number of hydrogen-bond acceptors (Lipinski definition) is 6. The Morgan fingerprint density at radius 3 is 2.33 bits per heavy atom. The molecule has 0 aliphatic carbocycles. The van der Waals surface area contributed by atoms with E-state index in [1.807, 2.05) is 35.0 Å². The summed E-state index contributed by atoms with van der Waals surface area (Å²) in [5.41, 5.74) is 0.948. The number of carbonyl (C=O) groups excluding carboxylic acids is 1. The molecule has 1 amide bonds. The molecule has 0 unspecified atom stereocenters.